The summed E-state index contributed by atoms with van der Waals surface area (Å²) < 4.78 is 0. The molecule has 118 valence electrons. The molecule has 0 aliphatic carbocycles. The van der Waals surface area contributed by atoms with E-state index < -0.39 is 0 Å². The van der Waals surface area contributed by atoms with Crippen LogP contribution in [0.25, 0.3) is 11.0 Å². The summed E-state index contributed by atoms with van der Waals surface area (Å²) in [5.41, 5.74) is 3.23. The normalized spacial score (nSPS) is 18.8. The van der Waals surface area contributed by atoms with Gasteiger partial charge < -0.3 is 15.2 Å². The molecule has 1 atom stereocenters. The average molecular weight is 300 g/mol. The number of nitrogens with one attached hydrogen (secondary N) is 2. The number of fused-ring (bicyclic) bond motifs is 1. The minimum atomic E-state index is 0.233. The Morgan fingerprint density at radius 1 is 1.50 bits per heavy atom. The molecular weight excluding hydrogens is 276 g/mol. The lowest BCUT2D eigenvalue weighted by Crippen LogP contribution is -2.47. The molecule has 0 spiro atoms. The monoisotopic (exact) mass is 300 g/mol. The van der Waals surface area contributed by atoms with Gasteiger partial charge in [-0.1, -0.05) is 12.1 Å². The molecule has 5 nitrogen and oxygen atoms in total. The number of H-pyrrole nitrogens is 1. The van der Waals surface area contributed by atoms with Gasteiger partial charge in [0.15, 0.2) is 0 Å². The van der Waals surface area contributed by atoms with Crippen molar-refractivity contribution in [1.82, 2.24) is 20.2 Å². The smallest absolute Gasteiger partial charge is 0.223 e. The zero-order chi connectivity index (χ0) is 15.5. The van der Waals surface area contributed by atoms with Crippen LogP contribution in [-0.4, -0.2) is 47.0 Å². The van der Waals surface area contributed by atoms with Gasteiger partial charge in [0.05, 0.1) is 11.0 Å². The van der Waals surface area contributed by atoms with Crippen molar-refractivity contribution in [3.8, 4) is 0 Å². The average Bonchev–Trinajstić information content (AvgIpc) is 2.97. The number of imidazole rings is 1. The van der Waals surface area contributed by atoms with Crippen LogP contribution in [0.3, 0.4) is 0 Å². The van der Waals surface area contributed by atoms with E-state index in [9.17, 15) is 4.79 Å². The zero-order valence-electron chi connectivity index (χ0n) is 13.4. The number of piperidine rings is 1. The highest BCUT2D eigenvalue weighted by Crippen LogP contribution is 2.17. The van der Waals surface area contributed by atoms with Gasteiger partial charge in [0.2, 0.25) is 5.91 Å². The maximum Gasteiger partial charge on any atom is 0.223 e. The van der Waals surface area contributed by atoms with Crippen LogP contribution >= 0.6 is 0 Å². The van der Waals surface area contributed by atoms with Crippen LogP contribution in [0, 0.1) is 6.92 Å². The third-order valence-corrected chi connectivity index (χ3v) is 4.52. The standard InChI is InChI=1S/C17H24N4O/c1-12-5-3-7-14-17(12)20-15(19-14)8-9-16(22)21-10-4-6-13(11-21)18-2/h3,5,7,13,18H,4,6,8-11H2,1-2H3,(H,19,20). The van der Waals surface area contributed by atoms with E-state index in [4.69, 9.17) is 0 Å². The molecule has 2 heterocycles. The predicted octanol–water partition coefficient (Wildman–Crippen LogP) is 2.01. The Labute approximate surface area is 131 Å². The number of aromatic amines is 1. The van der Waals surface area contributed by atoms with Crippen molar-refractivity contribution < 1.29 is 4.79 Å². The van der Waals surface area contributed by atoms with Crippen molar-refractivity contribution >= 4 is 16.9 Å². The molecule has 0 bridgehead atoms. The van der Waals surface area contributed by atoms with Crippen LogP contribution in [0.4, 0.5) is 0 Å². The SMILES string of the molecule is CNC1CCCN(C(=O)CCc2nc3c(C)cccc3[nH]2)C1. The maximum absolute atomic E-state index is 12.4. The first-order chi connectivity index (χ1) is 10.7. The fourth-order valence-corrected chi connectivity index (χ4v) is 3.17. The second-order valence-electron chi connectivity index (χ2n) is 6.12. The molecule has 1 fully saturated rings. The summed E-state index contributed by atoms with van der Waals surface area (Å²) in [7, 11) is 1.97. The molecule has 1 aromatic carbocycles. The van der Waals surface area contributed by atoms with Crippen LogP contribution < -0.4 is 5.32 Å². The number of hydrogen-bond donors (Lipinski definition) is 2. The molecule has 1 aliphatic heterocycles. The summed E-state index contributed by atoms with van der Waals surface area (Å²) >= 11 is 0. The number of aromatic nitrogens is 2. The van der Waals surface area contributed by atoms with E-state index in [1.807, 2.05) is 24.1 Å². The molecule has 5 heteroatoms. The fourth-order valence-electron chi connectivity index (χ4n) is 3.17. The molecule has 1 aliphatic rings. The van der Waals surface area contributed by atoms with Gasteiger partial charge in [0.1, 0.15) is 5.82 Å². The van der Waals surface area contributed by atoms with Gasteiger partial charge in [-0.2, -0.15) is 0 Å². The van der Waals surface area contributed by atoms with E-state index in [1.165, 1.54) is 5.56 Å². The number of likely N-dealkylation sites (tertiary alicyclic amines) is 1. The molecule has 1 amide bonds. The number of nitrogens with zero attached hydrogens (tertiary/aromatic N) is 2. The molecule has 22 heavy (non-hydrogen) atoms. The molecule has 2 N–H and O–H groups in total. The minimum Gasteiger partial charge on any atom is -0.342 e. The van der Waals surface area contributed by atoms with Crippen LogP contribution in [-0.2, 0) is 11.2 Å². The summed E-state index contributed by atoms with van der Waals surface area (Å²) in [6.45, 7) is 3.77. The van der Waals surface area contributed by atoms with Crippen LogP contribution in [0.2, 0.25) is 0 Å². The van der Waals surface area contributed by atoms with Gasteiger partial charge in [-0.05, 0) is 38.4 Å². The second-order valence-corrected chi connectivity index (χ2v) is 6.12. The quantitative estimate of drug-likeness (QED) is 0.908. The number of aryl methyl sites for hydroxylation is 2. The molecule has 1 saturated heterocycles. The Kier molecular flexibility index (Phi) is 4.43. The Morgan fingerprint density at radius 2 is 2.36 bits per heavy atom. The van der Waals surface area contributed by atoms with E-state index in [2.05, 4.69) is 28.3 Å². The third-order valence-electron chi connectivity index (χ3n) is 4.52. The van der Waals surface area contributed by atoms with Gasteiger partial charge >= 0.3 is 0 Å². The van der Waals surface area contributed by atoms with Gasteiger partial charge in [-0.25, -0.2) is 4.98 Å². The van der Waals surface area contributed by atoms with Crippen molar-refractivity contribution in [1.29, 1.82) is 0 Å². The molecule has 0 radical (unpaired) electrons. The number of para-hydroxylation sites is 1. The molecule has 2 aromatic rings. The lowest BCUT2D eigenvalue weighted by atomic mass is 10.1. The van der Waals surface area contributed by atoms with Gasteiger partial charge in [0.25, 0.3) is 0 Å². The van der Waals surface area contributed by atoms with Gasteiger partial charge in [-0.15, -0.1) is 0 Å². The van der Waals surface area contributed by atoms with Crippen LogP contribution in [0.1, 0.15) is 30.7 Å². The van der Waals surface area contributed by atoms with E-state index in [-0.39, 0.29) is 5.91 Å². The van der Waals surface area contributed by atoms with E-state index >= 15 is 0 Å². The highest BCUT2D eigenvalue weighted by atomic mass is 16.2. The predicted molar refractivity (Wildman–Crippen MR) is 87.8 cm³/mol. The van der Waals surface area contributed by atoms with Crippen molar-refractivity contribution in [3.63, 3.8) is 0 Å². The first kappa shape index (κ1) is 15.0. The summed E-state index contributed by atoms with van der Waals surface area (Å²) in [6.07, 6.45) is 3.44. The zero-order valence-corrected chi connectivity index (χ0v) is 13.4. The number of carbonyl (C=O) groups excluding carboxylic acids is 1. The molecular formula is C17H24N4O. The Morgan fingerprint density at radius 3 is 3.14 bits per heavy atom. The van der Waals surface area contributed by atoms with E-state index in [0.717, 1.165) is 42.8 Å². The molecule has 1 aromatic heterocycles. The topological polar surface area (TPSA) is 61.0 Å². The second kappa shape index (κ2) is 6.48. The number of benzene rings is 1. The highest BCUT2D eigenvalue weighted by molar-refractivity contribution is 5.79. The third kappa shape index (κ3) is 3.14. The van der Waals surface area contributed by atoms with Crippen molar-refractivity contribution in [2.75, 3.05) is 20.1 Å². The number of carbonyl (C=O) groups is 1. The lowest BCUT2D eigenvalue weighted by Gasteiger charge is -2.32. The summed E-state index contributed by atoms with van der Waals surface area (Å²) in [6, 6.07) is 6.55. The van der Waals surface area contributed by atoms with Gasteiger partial charge in [0, 0.05) is 32.0 Å². The van der Waals surface area contributed by atoms with E-state index in [1.54, 1.807) is 0 Å². The number of hydrogen-bond acceptors (Lipinski definition) is 3. The fraction of sp³-hybridized carbons (Fsp3) is 0.529. The summed E-state index contributed by atoms with van der Waals surface area (Å²) in [5, 5.41) is 3.27. The number of likely N-dealkylation sites (N-methyl/N-ethyl adjacent to an activating group) is 1. The first-order valence-electron chi connectivity index (χ1n) is 8.06. The summed E-state index contributed by atoms with van der Waals surface area (Å²) in [4.78, 5) is 22.3. The van der Waals surface area contributed by atoms with Crippen molar-refractivity contribution in [2.45, 2.75) is 38.6 Å². The van der Waals surface area contributed by atoms with Crippen molar-refractivity contribution in [2.24, 2.45) is 0 Å². The molecule has 0 saturated carbocycles. The lowest BCUT2D eigenvalue weighted by molar-refractivity contribution is -0.132. The highest BCUT2D eigenvalue weighted by Gasteiger charge is 2.22. The molecule has 1 unspecified atom stereocenters. The summed E-state index contributed by atoms with van der Waals surface area (Å²) in [5.74, 6) is 1.14. The number of rotatable bonds is 4. The van der Waals surface area contributed by atoms with Gasteiger partial charge in [-0.3, -0.25) is 4.79 Å². The minimum absolute atomic E-state index is 0.233. The first-order valence-corrected chi connectivity index (χ1v) is 8.06. The Hall–Kier alpha value is -1.88. The molecule has 3 rings (SSSR count). The van der Waals surface area contributed by atoms with Crippen LogP contribution in [0.5, 0.6) is 0 Å². The Bertz CT molecular complexity index is 664. The van der Waals surface area contributed by atoms with Crippen LogP contribution in [0.15, 0.2) is 18.2 Å². The van der Waals surface area contributed by atoms with E-state index in [0.29, 0.717) is 18.9 Å². The number of amides is 1. The Balaban J connectivity index is 1.61. The maximum atomic E-state index is 12.4. The van der Waals surface area contributed by atoms with Crippen molar-refractivity contribution in [3.05, 3.63) is 29.6 Å². The largest absolute Gasteiger partial charge is 0.342 e.